The third kappa shape index (κ3) is 8.12. The molecular weight excluding hydrogens is 509 g/mol. The van der Waals surface area contributed by atoms with Gasteiger partial charge in [0.25, 0.3) is 0 Å². The summed E-state index contributed by atoms with van der Waals surface area (Å²) in [4.78, 5) is 28.2. The molecule has 2 rings (SSSR count). The van der Waals surface area contributed by atoms with Crippen molar-refractivity contribution in [3.05, 3.63) is 63.6 Å². The van der Waals surface area contributed by atoms with Crippen molar-refractivity contribution in [2.24, 2.45) is 0 Å². The number of sulfonamides is 1. The van der Waals surface area contributed by atoms with E-state index in [1.54, 1.807) is 0 Å². The van der Waals surface area contributed by atoms with Crippen LogP contribution in [0.4, 0.5) is 5.69 Å². The summed E-state index contributed by atoms with van der Waals surface area (Å²) < 4.78 is 26.3. The second-order valence-corrected chi connectivity index (χ2v) is 11.4. The first-order valence-corrected chi connectivity index (χ1v) is 14.1. The zero-order valence-corrected chi connectivity index (χ0v) is 23.0. The molecule has 0 unspecified atom stereocenters. The van der Waals surface area contributed by atoms with Gasteiger partial charge in [0.15, 0.2) is 0 Å². The summed E-state index contributed by atoms with van der Waals surface area (Å²) in [5, 5.41) is 3.38. The Balaban J connectivity index is 2.46. The van der Waals surface area contributed by atoms with Crippen molar-refractivity contribution in [3.63, 3.8) is 0 Å². The number of carbonyl (C=O) groups is 2. The van der Waals surface area contributed by atoms with Crippen molar-refractivity contribution in [1.29, 1.82) is 0 Å². The molecule has 0 aliphatic carbocycles. The lowest BCUT2D eigenvalue weighted by molar-refractivity contribution is -0.140. The highest BCUT2D eigenvalue weighted by Crippen LogP contribution is 2.30. The number of nitrogens with one attached hydrogen (secondary N) is 1. The number of aryl methyl sites for hydroxylation is 1. The van der Waals surface area contributed by atoms with Gasteiger partial charge in [-0.3, -0.25) is 13.9 Å². The molecule has 2 aromatic rings. The van der Waals surface area contributed by atoms with Crippen LogP contribution in [0.15, 0.2) is 42.5 Å². The monoisotopic (exact) mass is 541 g/mol. The Morgan fingerprint density at radius 1 is 1.03 bits per heavy atom. The zero-order chi connectivity index (χ0) is 26.3. The van der Waals surface area contributed by atoms with Crippen LogP contribution >= 0.6 is 23.2 Å². The molecule has 0 saturated carbocycles. The molecule has 35 heavy (non-hydrogen) atoms. The number of halogens is 2. The molecule has 10 heteroatoms. The summed E-state index contributed by atoms with van der Waals surface area (Å²) in [5.74, 6) is -0.800. The number of hydrogen-bond acceptors (Lipinski definition) is 4. The third-order valence-electron chi connectivity index (χ3n) is 5.72. The lowest BCUT2D eigenvalue weighted by Gasteiger charge is -2.33. The first kappa shape index (κ1) is 28.9. The molecule has 7 nitrogen and oxygen atoms in total. The number of anilines is 1. The molecule has 1 N–H and O–H groups in total. The SMILES string of the molecule is CC[C@@H](C)NC(=O)[C@@H](CC)N(Cc1ccc(C)cc1)C(=O)CN(c1ccc(Cl)cc1Cl)S(C)(=O)=O. The standard InChI is InChI=1S/C25H33Cl2N3O4S/c1-6-18(4)28-25(32)22(7-2)29(15-19-10-8-17(3)9-11-19)24(31)16-30(35(5,33)34)23-13-12-20(26)14-21(23)27/h8-14,18,22H,6-7,15-16H2,1-5H3,(H,28,32)/t18-,22-/m1/s1. The minimum atomic E-state index is -3.88. The largest absolute Gasteiger partial charge is 0.352 e. The van der Waals surface area contributed by atoms with E-state index in [9.17, 15) is 18.0 Å². The minimum absolute atomic E-state index is 0.0618. The van der Waals surface area contributed by atoms with Gasteiger partial charge >= 0.3 is 0 Å². The van der Waals surface area contributed by atoms with Gasteiger partial charge in [-0.15, -0.1) is 0 Å². The van der Waals surface area contributed by atoms with Crippen molar-refractivity contribution >= 4 is 50.7 Å². The van der Waals surface area contributed by atoms with E-state index in [1.165, 1.54) is 23.1 Å². The quantitative estimate of drug-likeness (QED) is 0.443. The highest BCUT2D eigenvalue weighted by molar-refractivity contribution is 7.92. The molecule has 0 saturated heterocycles. The van der Waals surface area contributed by atoms with Crippen LogP contribution in [0.1, 0.15) is 44.7 Å². The molecule has 0 spiro atoms. The van der Waals surface area contributed by atoms with Crippen molar-refractivity contribution in [2.75, 3.05) is 17.1 Å². The number of amides is 2. The van der Waals surface area contributed by atoms with E-state index in [2.05, 4.69) is 5.32 Å². The van der Waals surface area contributed by atoms with Crippen molar-refractivity contribution < 1.29 is 18.0 Å². The predicted octanol–water partition coefficient (Wildman–Crippen LogP) is 4.79. The van der Waals surface area contributed by atoms with E-state index < -0.39 is 28.5 Å². The van der Waals surface area contributed by atoms with Gasteiger partial charge in [-0.25, -0.2) is 8.42 Å². The second kappa shape index (κ2) is 12.6. The molecule has 2 amide bonds. The highest BCUT2D eigenvalue weighted by atomic mass is 35.5. The zero-order valence-electron chi connectivity index (χ0n) is 20.7. The normalized spacial score (nSPS) is 13.1. The van der Waals surface area contributed by atoms with Gasteiger partial charge in [-0.05, 0) is 50.5 Å². The van der Waals surface area contributed by atoms with Gasteiger partial charge in [0.05, 0.1) is 17.0 Å². The summed E-state index contributed by atoms with van der Waals surface area (Å²) in [6.07, 6.45) is 2.11. The van der Waals surface area contributed by atoms with Crippen LogP contribution in [0, 0.1) is 6.92 Å². The lowest BCUT2D eigenvalue weighted by Crippen LogP contribution is -2.53. The van der Waals surface area contributed by atoms with Crippen LogP contribution in [0.3, 0.4) is 0 Å². The average Bonchev–Trinajstić information content (AvgIpc) is 2.78. The fourth-order valence-electron chi connectivity index (χ4n) is 3.53. The van der Waals surface area contributed by atoms with Gasteiger partial charge in [-0.1, -0.05) is 66.9 Å². The molecule has 2 atom stereocenters. The summed E-state index contributed by atoms with van der Waals surface area (Å²) in [6, 6.07) is 11.2. The number of carbonyl (C=O) groups excluding carboxylic acids is 2. The molecule has 192 valence electrons. The van der Waals surface area contributed by atoms with Crippen LogP contribution in [-0.4, -0.2) is 50.0 Å². The number of rotatable bonds is 11. The van der Waals surface area contributed by atoms with Crippen LogP contribution in [0.25, 0.3) is 0 Å². The Hall–Kier alpha value is -2.29. The lowest BCUT2D eigenvalue weighted by atomic mass is 10.1. The molecule has 0 bridgehead atoms. The topological polar surface area (TPSA) is 86.8 Å². The van der Waals surface area contributed by atoms with Crippen molar-refractivity contribution in [2.45, 2.75) is 59.2 Å². The maximum absolute atomic E-state index is 13.7. The van der Waals surface area contributed by atoms with Gasteiger partial charge in [0.1, 0.15) is 12.6 Å². The smallest absolute Gasteiger partial charge is 0.244 e. The molecule has 0 aliphatic rings. The van der Waals surface area contributed by atoms with E-state index in [4.69, 9.17) is 23.2 Å². The molecule has 0 heterocycles. The summed E-state index contributed by atoms with van der Waals surface area (Å²) in [6.45, 7) is 7.27. The van der Waals surface area contributed by atoms with E-state index in [1.807, 2.05) is 52.0 Å². The van der Waals surface area contributed by atoms with Crippen LogP contribution < -0.4 is 9.62 Å². The van der Waals surface area contributed by atoms with E-state index >= 15 is 0 Å². The molecule has 0 fully saturated rings. The Morgan fingerprint density at radius 3 is 2.17 bits per heavy atom. The summed E-state index contributed by atoms with van der Waals surface area (Å²) in [5.41, 5.74) is 2.03. The van der Waals surface area contributed by atoms with Crippen molar-refractivity contribution in [3.8, 4) is 0 Å². The van der Waals surface area contributed by atoms with E-state index in [-0.39, 0.29) is 29.2 Å². The van der Waals surface area contributed by atoms with Gasteiger partial charge in [0.2, 0.25) is 21.8 Å². The Kier molecular flexibility index (Phi) is 10.4. The maximum Gasteiger partial charge on any atom is 0.244 e. The first-order chi connectivity index (χ1) is 16.4. The van der Waals surface area contributed by atoms with E-state index in [0.717, 1.165) is 28.1 Å². The number of benzene rings is 2. The highest BCUT2D eigenvalue weighted by Gasteiger charge is 2.32. The molecule has 2 aromatic carbocycles. The Morgan fingerprint density at radius 2 is 1.66 bits per heavy atom. The second-order valence-electron chi connectivity index (χ2n) is 8.61. The summed E-state index contributed by atoms with van der Waals surface area (Å²) >= 11 is 12.2. The molecule has 0 aromatic heterocycles. The van der Waals surface area contributed by atoms with Crippen LogP contribution in [0.5, 0.6) is 0 Å². The first-order valence-electron chi connectivity index (χ1n) is 11.5. The van der Waals surface area contributed by atoms with Crippen molar-refractivity contribution in [1.82, 2.24) is 10.2 Å². The fourth-order valence-corrected chi connectivity index (χ4v) is 4.95. The predicted molar refractivity (Wildman–Crippen MR) is 142 cm³/mol. The third-order valence-corrected chi connectivity index (χ3v) is 7.38. The van der Waals surface area contributed by atoms with Gasteiger partial charge < -0.3 is 10.2 Å². The Bertz CT molecular complexity index is 1140. The molecule has 0 aliphatic heterocycles. The summed E-state index contributed by atoms with van der Waals surface area (Å²) in [7, 11) is -3.88. The number of hydrogen-bond donors (Lipinski definition) is 1. The number of nitrogens with zero attached hydrogens (tertiary/aromatic N) is 2. The Labute approximate surface area is 218 Å². The average molecular weight is 543 g/mol. The maximum atomic E-state index is 13.7. The van der Waals surface area contributed by atoms with Gasteiger partial charge in [0, 0.05) is 17.6 Å². The molecular formula is C25H33Cl2N3O4S. The van der Waals surface area contributed by atoms with E-state index in [0.29, 0.717) is 11.4 Å². The van der Waals surface area contributed by atoms with Crippen LogP contribution in [0.2, 0.25) is 10.0 Å². The van der Waals surface area contributed by atoms with Crippen LogP contribution in [-0.2, 0) is 26.2 Å². The fraction of sp³-hybridized carbons (Fsp3) is 0.440. The van der Waals surface area contributed by atoms with Gasteiger partial charge in [-0.2, -0.15) is 0 Å². The molecule has 0 radical (unpaired) electrons. The minimum Gasteiger partial charge on any atom is -0.352 e.